The van der Waals surface area contributed by atoms with Crippen LogP contribution in [0.4, 0.5) is 19.3 Å². The number of aromatic nitrogens is 1. The van der Waals surface area contributed by atoms with Gasteiger partial charge in [-0.25, -0.2) is 14.2 Å². The van der Waals surface area contributed by atoms with Gasteiger partial charge in [-0.15, -0.1) is 0 Å². The summed E-state index contributed by atoms with van der Waals surface area (Å²) >= 11 is 11.7. The number of urea groups is 1. The fourth-order valence-corrected chi connectivity index (χ4v) is 4.23. The second kappa shape index (κ2) is 6.63. The molecule has 4 rings (SSSR count). The first-order valence-corrected chi connectivity index (χ1v) is 8.97. The van der Waals surface area contributed by atoms with E-state index in [-0.39, 0.29) is 33.8 Å². The van der Waals surface area contributed by atoms with Crippen LogP contribution < -0.4 is 5.32 Å². The van der Waals surface area contributed by atoms with Crippen LogP contribution in [0.5, 0.6) is 0 Å². The zero-order valence-corrected chi connectivity index (χ0v) is 15.3. The summed E-state index contributed by atoms with van der Waals surface area (Å²) in [7, 11) is 0. The van der Waals surface area contributed by atoms with Crippen LogP contribution >= 0.6 is 23.2 Å². The molecule has 0 unspecified atom stereocenters. The molecule has 138 valence electrons. The van der Waals surface area contributed by atoms with Crippen molar-refractivity contribution in [3.05, 3.63) is 56.8 Å². The average molecular weight is 409 g/mol. The van der Waals surface area contributed by atoms with Gasteiger partial charge in [0.25, 0.3) is 0 Å². The highest BCUT2D eigenvalue weighted by atomic mass is 35.5. The van der Waals surface area contributed by atoms with Gasteiger partial charge in [-0.1, -0.05) is 23.2 Å². The third kappa shape index (κ3) is 2.89. The van der Waals surface area contributed by atoms with Crippen LogP contribution in [0.3, 0.4) is 0 Å². The molecule has 2 amide bonds. The van der Waals surface area contributed by atoms with E-state index in [0.29, 0.717) is 24.0 Å². The normalized spacial score (nSPS) is 20.2. The number of nitriles is 1. The van der Waals surface area contributed by atoms with Crippen molar-refractivity contribution in [1.29, 1.82) is 5.26 Å². The minimum absolute atomic E-state index is 0.0424. The molecule has 0 saturated carbocycles. The topological polar surface area (TPSA) is 69.0 Å². The molecule has 1 aromatic carbocycles. The Hall–Kier alpha value is -2.43. The number of carbonyl (C=O) groups excluding carboxylic acids is 1. The van der Waals surface area contributed by atoms with Crippen molar-refractivity contribution >= 4 is 34.9 Å². The van der Waals surface area contributed by atoms with Crippen LogP contribution in [-0.2, 0) is 6.42 Å². The van der Waals surface area contributed by atoms with E-state index in [1.54, 1.807) is 4.90 Å². The third-order valence-electron chi connectivity index (χ3n) is 5.05. The van der Waals surface area contributed by atoms with Gasteiger partial charge in [0.15, 0.2) is 0 Å². The largest absolute Gasteiger partial charge is 0.322 e. The van der Waals surface area contributed by atoms with Gasteiger partial charge in [0, 0.05) is 23.4 Å². The molecule has 2 aliphatic rings. The fourth-order valence-electron chi connectivity index (χ4n) is 3.91. The Labute approximate surface area is 163 Å². The summed E-state index contributed by atoms with van der Waals surface area (Å²) in [6.45, 7) is 0. The molecule has 5 nitrogen and oxygen atoms in total. The van der Waals surface area contributed by atoms with Crippen LogP contribution in [0.1, 0.15) is 35.6 Å². The molecule has 2 bridgehead atoms. The predicted octanol–water partition coefficient (Wildman–Crippen LogP) is 4.83. The Morgan fingerprint density at radius 1 is 1.30 bits per heavy atom. The van der Waals surface area contributed by atoms with Gasteiger partial charge < -0.3 is 10.2 Å². The van der Waals surface area contributed by atoms with E-state index in [1.165, 1.54) is 12.3 Å². The van der Waals surface area contributed by atoms with Gasteiger partial charge in [0.05, 0.1) is 27.3 Å². The van der Waals surface area contributed by atoms with E-state index in [0.717, 1.165) is 6.07 Å². The second-order valence-electron chi connectivity index (χ2n) is 6.50. The monoisotopic (exact) mass is 408 g/mol. The van der Waals surface area contributed by atoms with Gasteiger partial charge >= 0.3 is 6.03 Å². The highest BCUT2D eigenvalue weighted by Crippen LogP contribution is 2.45. The number of fused-ring (bicyclic) bond motifs is 4. The molecule has 1 N–H and O–H groups in total. The average Bonchev–Trinajstić information content (AvgIpc) is 2.95. The van der Waals surface area contributed by atoms with Crippen molar-refractivity contribution in [3.8, 4) is 6.07 Å². The van der Waals surface area contributed by atoms with E-state index in [4.69, 9.17) is 23.2 Å². The summed E-state index contributed by atoms with van der Waals surface area (Å²) < 4.78 is 28.3. The minimum Gasteiger partial charge on any atom is -0.314 e. The van der Waals surface area contributed by atoms with Crippen molar-refractivity contribution in [1.82, 2.24) is 9.88 Å². The zero-order valence-electron chi connectivity index (χ0n) is 13.8. The molecule has 27 heavy (non-hydrogen) atoms. The summed E-state index contributed by atoms with van der Waals surface area (Å²) in [5.41, 5.74) is 1.02. The maximum absolute atomic E-state index is 14.2. The van der Waals surface area contributed by atoms with Crippen LogP contribution in [0.25, 0.3) is 0 Å². The lowest BCUT2D eigenvalue weighted by Gasteiger charge is -2.36. The third-order valence-corrected chi connectivity index (χ3v) is 5.78. The van der Waals surface area contributed by atoms with Crippen LogP contribution in [0.15, 0.2) is 18.3 Å². The van der Waals surface area contributed by atoms with Gasteiger partial charge in [-0.2, -0.15) is 9.65 Å². The van der Waals surface area contributed by atoms with E-state index in [1.807, 2.05) is 6.07 Å². The standard InChI is InChI=1S/C18H12Cl2F2N4O/c19-11-4-13(21)14(5-12(11)20)25-18(27)26-9-1-2-15(26)16-8(6-23)7-24-17(22)10(16)3-9/h4-5,7,9,15H,1-3H2,(H,25,27)/t9-,15+/m0/s1. The quantitative estimate of drug-likeness (QED) is 0.542. The lowest BCUT2D eigenvalue weighted by molar-refractivity contribution is 0.178. The molecule has 9 heteroatoms. The van der Waals surface area contributed by atoms with E-state index in [2.05, 4.69) is 10.3 Å². The smallest absolute Gasteiger partial charge is 0.314 e. The Balaban J connectivity index is 1.68. The fraction of sp³-hybridized carbons (Fsp3) is 0.278. The summed E-state index contributed by atoms with van der Waals surface area (Å²) in [4.78, 5) is 18.0. The molecular formula is C18H12Cl2F2N4O. The molecule has 0 radical (unpaired) electrons. The first kappa shape index (κ1) is 18.0. The van der Waals surface area contributed by atoms with Crippen molar-refractivity contribution in [2.45, 2.75) is 31.3 Å². The summed E-state index contributed by atoms with van der Waals surface area (Å²) in [5, 5.41) is 12.0. The highest BCUT2D eigenvalue weighted by molar-refractivity contribution is 6.42. The number of benzene rings is 1. The lowest BCUT2D eigenvalue weighted by atomic mass is 9.91. The van der Waals surface area contributed by atoms with Crippen molar-refractivity contribution < 1.29 is 13.6 Å². The SMILES string of the molecule is N#Cc1cnc(F)c2c1[C@H]1CC[C@@H](C2)N1C(=O)Nc1cc(Cl)c(Cl)cc1F. The number of amides is 2. The summed E-state index contributed by atoms with van der Waals surface area (Å²) in [6, 6.07) is 3.03. The highest BCUT2D eigenvalue weighted by Gasteiger charge is 2.45. The number of carbonyl (C=O) groups is 1. The van der Waals surface area contributed by atoms with Crippen LogP contribution in [0, 0.1) is 23.1 Å². The predicted molar refractivity (Wildman–Crippen MR) is 95.7 cm³/mol. The molecule has 2 aromatic rings. The van der Waals surface area contributed by atoms with Crippen molar-refractivity contribution in [3.63, 3.8) is 0 Å². The zero-order chi connectivity index (χ0) is 19.3. The number of pyridine rings is 1. The second-order valence-corrected chi connectivity index (χ2v) is 7.32. The molecule has 2 aliphatic heterocycles. The molecule has 0 spiro atoms. The number of hydrogen-bond acceptors (Lipinski definition) is 3. The first-order valence-electron chi connectivity index (χ1n) is 8.22. The Morgan fingerprint density at radius 2 is 2.04 bits per heavy atom. The van der Waals surface area contributed by atoms with Crippen LogP contribution in [0.2, 0.25) is 10.0 Å². The van der Waals surface area contributed by atoms with Crippen LogP contribution in [-0.4, -0.2) is 22.0 Å². The maximum atomic E-state index is 14.2. The van der Waals surface area contributed by atoms with E-state index < -0.39 is 23.8 Å². The van der Waals surface area contributed by atoms with E-state index in [9.17, 15) is 18.8 Å². The number of halogens is 4. The molecule has 3 heterocycles. The van der Waals surface area contributed by atoms with Gasteiger partial charge in [-0.3, -0.25) is 0 Å². The van der Waals surface area contributed by atoms with Crippen molar-refractivity contribution in [2.24, 2.45) is 0 Å². The van der Waals surface area contributed by atoms with Gasteiger partial charge in [0.1, 0.15) is 11.9 Å². The number of anilines is 1. The summed E-state index contributed by atoms with van der Waals surface area (Å²) in [5.74, 6) is -1.33. The number of nitrogens with one attached hydrogen (secondary N) is 1. The molecule has 0 aliphatic carbocycles. The van der Waals surface area contributed by atoms with Crippen molar-refractivity contribution in [2.75, 3.05) is 5.32 Å². The molecule has 1 saturated heterocycles. The maximum Gasteiger partial charge on any atom is 0.322 e. The molecule has 1 aromatic heterocycles. The summed E-state index contributed by atoms with van der Waals surface area (Å²) in [6.07, 6.45) is 2.69. The Bertz CT molecular complexity index is 1010. The number of nitrogens with zero attached hydrogens (tertiary/aromatic N) is 3. The van der Waals surface area contributed by atoms with Gasteiger partial charge in [-0.05, 0) is 31.4 Å². The number of hydrogen-bond donors (Lipinski definition) is 1. The number of rotatable bonds is 1. The Kier molecular flexibility index (Phi) is 4.41. The lowest BCUT2D eigenvalue weighted by Crippen LogP contribution is -2.45. The Morgan fingerprint density at radius 3 is 2.78 bits per heavy atom. The van der Waals surface area contributed by atoms with Gasteiger partial charge in [0.2, 0.25) is 5.95 Å². The van der Waals surface area contributed by atoms with E-state index >= 15 is 0 Å². The molecule has 2 atom stereocenters. The minimum atomic E-state index is -0.713. The molecular weight excluding hydrogens is 397 g/mol. The first-order chi connectivity index (χ1) is 12.9. The molecule has 1 fully saturated rings.